The molecule has 0 radical (unpaired) electrons. The van der Waals surface area contributed by atoms with Gasteiger partial charge in [0.2, 0.25) is 0 Å². The van der Waals surface area contributed by atoms with Gasteiger partial charge in [0.15, 0.2) is 0 Å². The summed E-state index contributed by atoms with van der Waals surface area (Å²) in [4.78, 5) is 2.44. The van der Waals surface area contributed by atoms with Gasteiger partial charge in [-0.15, -0.1) is 0 Å². The van der Waals surface area contributed by atoms with Gasteiger partial charge < -0.3 is 10.6 Å². The van der Waals surface area contributed by atoms with Crippen LogP contribution in [-0.2, 0) is 5.41 Å². The molecule has 1 aromatic rings. The van der Waals surface area contributed by atoms with Gasteiger partial charge in [0.25, 0.3) is 0 Å². The van der Waals surface area contributed by atoms with E-state index in [1.54, 1.807) is 12.1 Å². The lowest BCUT2D eigenvalue weighted by atomic mass is 9.73. The first-order valence-electron chi connectivity index (χ1n) is 6.39. The van der Waals surface area contributed by atoms with Crippen molar-refractivity contribution in [2.75, 3.05) is 26.2 Å². The normalized spacial score (nSPS) is 20.4. The van der Waals surface area contributed by atoms with Crippen LogP contribution in [0.2, 0.25) is 0 Å². The molecule has 0 bridgehead atoms. The van der Waals surface area contributed by atoms with Gasteiger partial charge in [-0.25, -0.2) is 4.39 Å². The Morgan fingerprint density at radius 3 is 2.29 bits per heavy atom. The van der Waals surface area contributed by atoms with Gasteiger partial charge in [-0.05, 0) is 50.2 Å². The van der Waals surface area contributed by atoms with Gasteiger partial charge in [-0.3, -0.25) is 0 Å². The number of nitrogens with two attached hydrogens (primary N) is 1. The summed E-state index contributed by atoms with van der Waals surface area (Å²) >= 11 is 0. The summed E-state index contributed by atoms with van der Waals surface area (Å²) in [5, 5.41) is 0. The first-order chi connectivity index (χ1) is 8.20. The fourth-order valence-corrected chi connectivity index (χ4v) is 2.71. The van der Waals surface area contributed by atoms with Crippen molar-refractivity contribution in [3.63, 3.8) is 0 Å². The molecule has 1 aromatic carbocycles. The minimum atomic E-state index is -0.174. The molecule has 0 aromatic heterocycles. The number of likely N-dealkylation sites (tertiary alicyclic amines) is 1. The number of piperidine rings is 1. The summed E-state index contributed by atoms with van der Waals surface area (Å²) in [6.45, 7) is 6.11. The summed E-state index contributed by atoms with van der Waals surface area (Å²) in [5.41, 5.74) is 7.23. The molecule has 1 fully saturated rings. The molecule has 2 rings (SSSR count). The van der Waals surface area contributed by atoms with Crippen LogP contribution < -0.4 is 5.73 Å². The summed E-state index contributed by atoms with van der Waals surface area (Å²) in [5.74, 6) is -0.174. The highest BCUT2D eigenvalue weighted by Crippen LogP contribution is 2.34. The minimum absolute atomic E-state index is 0.0549. The first kappa shape index (κ1) is 12.5. The van der Waals surface area contributed by atoms with Gasteiger partial charge in [-0.1, -0.05) is 19.1 Å². The van der Waals surface area contributed by atoms with Crippen molar-refractivity contribution in [3.05, 3.63) is 35.6 Å². The molecular weight excluding hydrogens is 215 g/mol. The Labute approximate surface area is 103 Å². The number of rotatable bonds is 3. The number of benzene rings is 1. The minimum Gasteiger partial charge on any atom is -0.330 e. The van der Waals surface area contributed by atoms with Gasteiger partial charge in [0.05, 0.1) is 0 Å². The van der Waals surface area contributed by atoms with E-state index in [-0.39, 0.29) is 11.2 Å². The van der Waals surface area contributed by atoms with E-state index in [0.29, 0.717) is 6.54 Å². The van der Waals surface area contributed by atoms with Crippen LogP contribution in [-0.4, -0.2) is 31.1 Å². The Morgan fingerprint density at radius 1 is 1.24 bits per heavy atom. The fraction of sp³-hybridized carbons (Fsp3) is 0.571. The van der Waals surface area contributed by atoms with E-state index in [9.17, 15) is 4.39 Å². The molecule has 1 saturated heterocycles. The molecule has 94 valence electrons. The number of halogens is 1. The van der Waals surface area contributed by atoms with Crippen molar-refractivity contribution in [2.45, 2.75) is 25.2 Å². The Morgan fingerprint density at radius 2 is 1.82 bits per heavy atom. The molecular formula is C14H21FN2. The summed E-state index contributed by atoms with van der Waals surface area (Å²) in [6.07, 6.45) is 2.14. The number of hydrogen-bond donors (Lipinski definition) is 1. The van der Waals surface area contributed by atoms with Crippen molar-refractivity contribution in [1.82, 2.24) is 4.90 Å². The predicted molar refractivity (Wildman–Crippen MR) is 68.5 cm³/mol. The Hall–Kier alpha value is -0.930. The topological polar surface area (TPSA) is 29.3 Å². The second-order valence-corrected chi connectivity index (χ2v) is 4.93. The molecule has 0 aliphatic carbocycles. The molecule has 17 heavy (non-hydrogen) atoms. The second-order valence-electron chi connectivity index (χ2n) is 4.93. The van der Waals surface area contributed by atoms with Crippen LogP contribution in [0.4, 0.5) is 4.39 Å². The van der Waals surface area contributed by atoms with Crippen molar-refractivity contribution >= 4 is 0 Å². The zero-order valence-corrected chi connectivity index (χ0v) is 10.5. The quantitative estimate of drug-likeness (QED) is 0.871. The van der Waals surface area contributed by atoms with E-state index < -0.39 is 0 Å². The average Bonchev–Trinajstić information content (AvgIpc) is 2.40. The van der Waals surface area contributed by atoms with Crippen LogP contribution in [0.15, 0.2) is 24.3 Å². The van der Waals surface area contributed by atoms with Crippen LogP contribution in [0.25, 0.3) is 0 Å². The average molecular weight is 236 g/mol. The van der Waals surface area contributed by atoms with E-state index >= 15 is 0 Å². The molecule has 3 heteroatoms. The standard InChI is InChI=1S/C14H21FN2/c1-2-17-9-7-14(11-16,8-10-17)12-3-5-13(15)6-4-12/h3-6H,2,7-11,16H2,1H3. The highest BCUT2D eigenvalue weighted by molar-refractivity contribution is 5.27. The summed E-state index contributed by atoms with van der Waals surface area (Å²) < 4.78 is 13.0. The van der Waals surface area contributed by atoms with Crippen LogP contribution in [0.3, 0.4) is 0 Å². The molecule has 1 aliphatic heterocycles. The Kier molecular flexibility index (Phi) is 3.79. The van der Waals surface area contributed by atoms with E-state index in [0.717, 1.165) is 32.5 Å². The summed E-state index contributed by atoms with van der Waals surface area (Å²) in [7, 11) is 0. The van der Waals surface area contributed by atoms with Crippen LogP contribution in [0.1, 0.15) is 25.3 Å². The fourth-order valence-electron chi connectivity index (χ4n) is 2.71. The first-order valence-corrected chi connectivity index (χ1v) is 6.39. The Balaban J connectivity index is 2.18. The smallest absolute Gasteiger partial charge is 0.123 e. The SMILES string of the molecule is CCN1CCC(CN)(c2ccc(F)cc2)CC1. The molecule has 0 spiro atoms. The Bertz CT molecular complexity index is 353. The lowest BCUT2D eigenvalue weighted by Gasteiger charge is -2.41. The molecule has 1 aliphatic rings. The maximum Gasteiger partial charge on any atom is 0.123 e. The van der Waals surface area contributed by atoms with Gasteiger partial charge >= 0.3 is 0 Å². The molecule has 2 N–H and O–H groups in total. The van der Waals surface area contributed by atoms with E-state index in [2.05, 4.69) is 11.8 Å². The number of nitrogens with zero attached hydrogens (tertiary/aromatic N) is 1. The molecule has 0 amide bonds. The van der Waals surface area contributed by atoms with E-state index in [1.165, 1.54) is 5.56 Å². The van der Waals surface area contributed by atoms with Crippen molar-refractivity contribution < 1.29 is 4.39 Å². The second kappa shape index (κ2) is 5.15. The van der Waals surface area contributed by atoms with E-state index in [4.69, 9.17) is 5.73 Å². The third-order valence-corrected chi connectivity index (χ3v) is 4.11. The van der Waals surface area contributed by atoms with Gasteiger partial charge in [0, 0.05) is 12.0 Å². The highest BCUT2D eigenvalue weighted by Gasteiger charge is 2.34. The van der Waals surface area contributed by atoms with Crippen molar-refractivity contribution in [1.29, 1.82) is 0 Å². The maximum atomic E-state index is 13.0. The maximum absolute atomic E-state index is 13.0. The lowest BCUT2D eigenvalue weighted by molar-refractivity contribution is 0.169. The highest BCUT2D eigenvalue weighted by atomic mass is 19.1. The number of hydrogen-bond acceptors (Lipinski definition) is 2. The third kappa shape index (κ3) is 2.50. The molecule has 2 nitrogen and oxygen atoms in total. The molecule has 0 unspecified atom stereocenters. The molecule has 0 saturated carbocycles. The van der Waals surface area contributed by atoms with Gasteiger partial charge in [0.1, 0.15) is 5.82 Å². The zero-order valence-electron chi connectivity index (χ0n) is 10.5. The molecule has 1 heterocycles. The summed E-state index contributed by atoms with van der Waals surface area (Å²) in [6, 6.07) is 6.87. The molecule has 0 atom stereocenters. The van der Waals surface area contributed by atoms with Gasteiger partial charge in [-0.2, -0.15) is 0 Å². The lowest BCUT2D eigenvalue weighted by Crippen LogP contribution is -2.46. The van der Waals surface area contributed by atoms with Crippen LogP contribution in [0, 0.1) is 5.82 Å². The zero-order chi connectivity index (χ0) is 12.3. The van der Waals surface area contributed by atoms with Crippen LogP contribution in [0.5, 0.6) is 0 Å². The largest absolute Gasteiger partial charge is 0.330 e. The van der Waals surface area contributed by atoms with Crippen molar-refractivity contribution in [2.24, 2.45) is 5.73 Å². The monoisotopic (exact) mass is 236 g/mol. The van der Waals surface area contributed by atoms with Crippen LogP contribution >= 0.6 is 0 Å². The third-order valence-electron chi connectivity index (χ3n) is 4.11. The predicted octanol–water partition coefficient (Wildman–Crippen LogP) is 2.14. The van der Waals surface area contributed by atoms with Crippen molar-refractivity contribution in [3.8, 4) is 0 Å². The van der Waals surface area contributed by atoms with E-state index in [1.807, 2.05) is 12.1 Å².